The Morgan fingerprint density at radius 3 is 2.70 bits per heavy atom. The van der Waals surface area contributed by atoms with Crippen molar-refractivity contribution in [3.05, 3.63) is 40.6 Å². The minimum atomic E-state index is -2.97. The zero-order valence-electron chi connectivity index (χ0n) is 12.0. The van der Waals surface area contributed by atoms with Crippen LogP contribution in [0.2, 0.25) is 10.0 Å². The summed E-state index contributed by atoms with van der Waals surface area (Å²) in [6.45, 7) is -1.14. The Morgan fingerprint density at radius 1 is 1.43 bits per heavy atom. The van der Waals surface area contributed by atoms with Crippen LogP contribution in [0.25, 0.3) is 0 Å². The van der Waals surface area contributed by atoms with E-state index in [4.69, 9.17) is 23.2 Å². The Balaban J connectivity index is 2.11. The number of carbonyl (C=O) groups is 1. The molecule has 0 spiro atoms. The number of hydrogen-bond donors (Lipinski definition) is 1. The number of anilines is 1. The summed E-state index contributed by atoms with van der Waals surface area (Å²) in [7, 11) is 0. The van der Waals surface area contributed by atoms with Crippen LogP contribution in [0.1, 0.15) is 19.4 Å². The van der Waals surface area contributed by atoms with E-state index in [0.29, 0.717) is 17.1 Å². The fraction of sp³-hybridized carbons (Fsp3) is 0.286. The number of ether oxygens (including phenoxy) is 1. The maximum Gasteiger partial charge on any atom is 0.387 e. The molecule has 23 heavy (non-hydrogen) atoms. The Morgan fingerprint density at radius 2 is 2.17 bits per heavy atom. The number of hydrogen-bond acceptors (Lipinski definition) is 3. The molecule has 0 aliphatic carbocycles. The summed E-state index contributed by atoms with van der Waals surface area (Å²) in [6.07, 6.45) is 3.47. The van der Waals surface area contributed by atoms with Crippen LogP contribution in [0.15, 0.2) is 30.6 Å². The Hall–Kier alpha value is -1.86. The number of nitrogens with zero attached hydrogens (tertiary/aromatic N) is 2. The van der Waals surface area contributed by atoms with E-state index in [-0.39, 0.29) is 16.7 Å². The maximum absolute atomic E-state index is 12.3. The van der Waals surface area contributed by atoms with E-state index in [9.17, 15) is 13.6 Å². The first-order valence-electron chi connectivity index (χ1n) is 6.65. The normalized spacial score (nSPS) is 12.3. The van der Waals surface area contributed by atoms with Gasteiger partial charge in [0.05, 0.1) is 16.2 Å². The summed E-state index contributed by atoms with van der Waals surface area (Å²) in [5.74, 6) is -0.489. The molecule has 1 heterocycles. The van der Waals surface area contributed by atoms with Crippen LogP contribution < -0.4 is 10.1 Å². The largest absolute Gasteiger partial charge is 0.433 e. The van der Waals surface area contributed by atoms with Crippen molar-refractivity contribution in [2.24, 2.45) is 0 Å². The average Bonchev–Trinajstić information content (AvgIpc) is 2.88. The van der Waals surface area contributed by atoms with Crippen LogP contribution in [-0.4, -0.2) is 22.3 Å². The highest BCUT2D eigenvalue weighted by Gasteiger charge is 2.20. The second-order valence-electron chi connectivity index (χ2n) is 4.58. The summed E-state index contributed by atoms with van der Waals surface area (Å²) < 4.78 is 30.1. The fourth-order valence-electron chi connectivity index (χ4n) is 1.97. The topological polar surface area (TPSA) is 56.1 Å². The van der Waals surface area contributed by atoms with Crippen LogP contribution in [0.5, 0.6) is 5.75 Å². The van der Waals surface area contributed by atoms with Crippen molar-refractivity contribution in [3.63, 3.8) is 0 Å². The summed E-state index contributed by atoms with van der Waals surface area (Å²) in [6, 6.07) is 3.46. The van der Waals surface area contributed by atoms with Gasteiger partial charge >= 0.3 is 6.61 Å². The molecule has 0 saturated carbocycles. The second kappa shape index (κ2) is 7.61. The average molecular weight is 364 g/mol. The van der Waals surface area contributed by atoms with Gasteiger partial charge in [-0.05, 0) is 24.6 Å². The molecule has 1 aromatic heterocycles. The van der Waals surface area contributed by atoms with Crippen molar-refractivity contribution >= 4 is 34.8 Å². The molecule has 1 unspecified atom stereocenters. The van der Waals surface area contributed by atoms with Gasteiger partial charge in [0.2, 0.25) is 5.91 Å². The van der Waals surface area contributed by atoms with Crippen LogP contribution in [0.4, 0.5) is 14.5 Å². The van der Waals surface area contributed by atoms with Gasteiger partial charge in [0.15, 0.2) is 0 Å². The lowest BCUT2D eigenvalue weighted by Crippen LogP contribution is -2.25. The van der Waals surface area contributed by atoms with E-state index in [2.05, 4.69) is 15.2 Å². The summed E-state index contributed by atoms with van der Waals surface area (Å²) in [5, 5.41) is 7.05. The van der Waals surface area contributed by atoms with Crippen LogP contribution in [0.3, 0.4) is 0 Å². The fourth-order valence-corrected chi connectivity index (χ4v) is 2.34. The number of halogens is 4. The molecule has 0 bridgehead atoms. The molecule has 0 aliphatic rings. The predicted molar refractivity (Wildman–Crippen MR) is 83.3 cm³/mol. The van der Waals surface area contributed by atoms with Gasteiger partial charge in [-0.1, -0.05) is 30.1 Å². The maximum atomic E-state index is 12.3. The van der Waals surface area contributed by atoms with Crippen molar-refractivity contribution < 1.29 is 18.3 Å². The molecule has 1 aromatic carbocycles. The van der Waals surface area contributed by atoms with Gasteiger partial charge in [0.25, 0.3) is 0 Å². The Labute approximate surface area is 141 Å². The smallest absolute Gasteiger partial charge is 0.387 e. The molecule has 0 fully saturated rings. The number of amides is 1. The number of alkyl halides is 2. The molecule has 1 amide bonds. The summed E-state index contributed by atoms with van der Waals surface area (Å²) in [4.78, 5) is 12.3. The minimum absolute atomic E-state index is 0.0294. The molecule has 2 aromatic rings. The van der Waals surface area contributed by atoms with Crippen LogP contribution in [0, 0.1) is 0 Å². The van der Waals surface area contributed by atoms with E-state index >= 15 is 0 Å². The Kier molecular flexibility index (Phi) is 5.79. The van der Waals surface area contributed by atoms with Crippen LogP contribution >= 0.6 is 23.2 Å². The molecule has 124 valence electrons. The highest BCUT2D eigenvalue weighted by molar-refractivity contribution is 6.32. The van der Waals surface area contributed by atoms with E-state index in [1.54, 1.807) is 6.20 Å². The van der Waals surface area contributed by atoms with Gasteiger partial charge in [-0.25, -0.2) is 0 Å². The minimum Gasteiger partial charge on any atom is -0.433 e. The van der Waals surface area contributed by atoms with Gasteiger partial charge in [-0.3, -0.25) is 9.48 Å². The number of benzene rings is 1. The van der Waals surface area contributed by atoms with E-state index in [1.165, 1.54) is 29.1 Å². The molecule has 9 heteroatoms. The number of nitrogens with one attached hydrogen (secondary N) is 1. The first-order valence-corrected chi connectivity index (χ1v) is 7.41. The van der Waals surface area contributed by atoms with Crippen molar-refractivity contribution in [2.45, 2.75) is 26.0 Å². The first-order chi connectivity index (χ1) is 10.9. The van der Waals surface area contributed by atoms with Crippen molar-refractivity contribution in [1.29, 1.82) is 0 Å². The molecule has 5 nitrogen and oxygen atoms in total. The third-order valence-corrected chi connectivity index (χ3v) is 3.48. The molecular formula is C14H13Cl2F2N3O2. The van der Waals surface area contributed by atoms with Gasteiger partial charge in [0.1, 0.15) is 11.8 Å². The van der Waals surface area contributed by atoms with Crippen molar-refractivity contribution in [3.8, 4) is 5.75 Å². The Bertz CT molecular complexity index is 694. The second-order valence-corrected chi connectivity index (χ2v) is 5.42. The lowest BCUT2D eigenvalue weighted by molar-refractivity contribution is -0.119. The molecule has 1 atom stereocenters. The lowest BCUT2D eigenvalue weighted by atomic mass is 10.2. The van der Waals surface area contributed by atoms with E-state index in [0.717, 1.165) is 0 Å². The van der Waals surface area contributed by atoms with Gasteiger partial charge in [-0.15, -0.1) is 0 Å². The lowest BCUT2D eigenvalue weighted by Gasteiger charge is -2.16. The molecular weight excluding hydrogens is 351 g/mol. The van der Waals surface area contributed by atoms with Crippen LogP contribution in [-0.2, 0) is 4.79 Å². The zero-order chi connectivity index (χ0) is 17.0. The number of rotatable bonds is 6. The van der Waals surface area contributed by atoms with Gasteiger partial charge in [-0.2, -0.15) is 13.9 Å². The molecule has 0 saturated heterocycles. The SMILES string of the molecule is CCC(C(=O)Nc1ccc(OC(F)F)c(Cl)c1)n1cc(Cl)cn1. The van der Waals surface area contributed by atoms with Gasteiger partial charge < -0.3 is 10.1 Å². The first kappa shape index (κ1) is 17.5. The zero-order valence-corrected chi connectivity index (χ0v) is 13.5. The molecule has 0 radical (unpaired) electrons. The van der Waals surface area contributed by atoms with E-state index in [1.807, 2.05) is 6.92 Å². The molecule has 0 aliphatic heterocycles. The third kappa shape index (κ3) is 4.56. The monoisotopic (exact) mass is 363 g/mol. The highest BCUT2D eigenvalue weighted by Crippen LogP contribution is 2.29. The van der Waals surface area contributed by atoms with Gasteiger partial charge in [0, 0.05) is 11.9 Å². The van der Waals surface area contributed by atoms with Crippen molar-refractivity contribution in [1.82, 2.24) is 9.78 Å². The molecule has 1 N–H and O–H groups in total. The third-order valence-electron chi connectivity index (χ3n) is 2.99. The predicted octanol–water partition coefficient (Wildman–Crippen LogP) is 4.38. The van der Waals surface area contributed by atoms with E-state index < -0.39 is 12.7 Å². The quantitative estimate of drug-likeness (QED) is 0.828. The summed E-state index contributed by atoms with van der Waals surface area (Å²) >= 11 is 11.6. The van der Waals surface area contributed by atoms with Crippen molar-refractivity contribution in [2.75, 3.05) is 5.32 Å². The summed E-state index contributed by atoms with van der Waals surface area (Å²) in [5.41, 5.74) is 0.360. The number of carbonyl (C=O) groups excluding carboxylic acids is 1. The molecule has 2 rings (SSSR count). The standard InChI is InChI=1S/C14H13Cl2F2N3O2/c1-2-11(21-7-8(15)6-19-21)13(22)20-9-3-4-12(10(16)5-9)23-14(17)18/h3-7,11,14H,2H2,1H3,(H,20,22). The highest BCUT2D eigenvalue weighted by atomic mass is 35.5. The number of aromatic nitrogens is 2.